The summed E-state index contributed by atoms with van der Waals surface area (Å²) in [6, 6.07) is 2.60. The first-order valence-corrected chi connectivity index (χ1v) is 8.20. The number of halogens is 3. The summed E-state index contributed by atoms with van der Waals surface area (Å²) in [5.74, 6) is -3.05. The highest BCUT2D eigenvalue weighted by atomic mass is 19.2. The number of pyridine rings is 1. The van der Waals surface area contributed by atoms with Crippen molar-refractivity contribution in [1.29, 1.82) is 0 Å². The number of carbonyl (C=O) groups is 2. The number of aromatic nitrogens is 1. The van der Waals surface area contributed by atoms with Crippen LogP contribution in [0.3, 0.4) is 0 Å². The van der Waals surface area contributed by atoms with Crippen LogP contribution >= 0.6 is 0 Å². The summed E-state index contributed by atoms with van der Waals surface area (Å²) in [6.07, 6.45) is 1.07. The van der Waals surface area contributed by atoms with Crippen molar-refractivity contribution in [3.63, 3.8) is 0 Å². The minimum absolute atomic E-state index is 0.0220. The van der Waals surface area contributed by atoms with Crippen molar-refractivity contribution in [2.45, 2.75) is 26.4 Å². The Morgan fingerprint density at radius 1 is 1.33 bits per heavy atom. The summed E-state index contributed by atoms with van der Waals surface area (Å²) in [7, 11) is 0. The van der Waals surface area contributed by atoms with Crippen LogP contribution in [0.1, 0.15) is 29.8 Å². The minimum atomic E-state index is -1.06. The molecule has 2 aromatic rings. The molecule has 0 saturated carbocycles. The molecule has 3 amide bonds. The first kappa shape index (κ1) is 18.7. The summed E-state index contributed by atoms with van der Waals surface area (Å²) < 4.78 is 40.6. The second-order valence-electron chi connectivity index (χ2n) is 6.32. The van der Waals surface area contributed by atoms with Gasteiger partial charge in [0.1, 0.15) is 12.4 Å². The second kappa shape index (κ2) is 7.26. The molecule has 0 unspecified atom stereocenters. The molecule has 142 valence electrons. The number of fused-ring (bicyclic) bond motifs is 1. The van der Waals surface area contributed by atoms with Gasteiger partial charge in [-0.1, -0.05) is 0 Å². The van der Waals surface area contributed by atoms with Crippen molar-refractivity contribution in [2.75, 3.05) is 11.9 Å². The maximum absolute atomic E-state index is 13.9. The summed E-state index contributed by atoms with van der Waals surface area (Å²) >= 11 is 0. The standard InChI is InChI=1S/C18H17F3N4O2/c1-9-5-15(22-6-13(9)20)10(2)23-16(26)8-25-7-11-14(24-18(25)27)4-3-12(19)17(11)21/h3-6,10H,7-8H2,1-2H3,(H,23,26)(H,24,27)/t10-/m0/s1. The molecule has 0 radical (unpaired) electrons. The zero-order chi connectivity index (χ0) is 19.7. The Labute approximate surface area is 153 Å². The summed E-state index contributed by atoms with van der Waals surface area (Å²) in [5, 5.41) is 5.08. The molecule has 3 rings (SSSR count). The highest BCUT2D eigenvalue weighted by molar-refractivity contribution is 5.94. The van der Waals surface area contributed by atoms with Gasteiger partial charge in [0.15, 0.2) is 11.6 Å². The number of amides is 3. The third-order valence-electron chi connectivity index (χ3n) is 4.30. The van der Waals surface area contributed by atoms with Crippen LogP contribution in [0.5, 0.6) is 0 Å². The van der Waals surface area contributed by atoms with Gasteiger partial charge < -0.3 is 15.5 Å². The van der Waals surface area contributed by atoms with E-state index in [4.69, 9.17) is 0 Å². The number of aryl methyl sites for hydroxylation is 1. The molecule has 0 spiro atoms. The maximum Gasteiger partial charge on any atom is 0.322 e. The van der Waals surface area contributed by atoms with E-state index in [0.29, 0.717) is 11.3 Å². The van der Waals surface area contributed by atoms with Gasteiger partial charge in [0, 0.05) is 5.56 Å². The Kier molecular flexibility index (Phi) is 5.02. The van der Waals surface area contributed by atoms with Crippen molar-refractivity contribution >= 4 is 17.6 Å². The van der Waals surface area contributed by atoms with Crippen molar-refractivity contribution < 1.29 is 22.8 Å². The van der Waals surface area contributed by atoms with Crippen LogP contribution in [0.2, 0.25) is 0 Å². The number of hydrogen-bond donors (Lipinski definition) is 2. The van der Waals surface area contributed by atoms with E-state index >= 15 is 0 Å². The zero-order valence-electron chi connectivity index (χ0n) is 14.6. The fourth-order valence-electron chi connectivity index (χ4n) is 2.78. The smallest absolute Gasteiger partial charge is 0.322 e. The summed E-state index contributed by atoms with van der Waals surface area (Å²) in [4.78, 5) is 29.3. The normalized spacial score (nSPS) is 14.4. The van der Waals surface area contributed by atoms with Gasteiger partial charge in [0.2, 0.25) is 5.91 Å². The number of carbonyl (C=O) groups excluding carboxylic acids is 2. The molecule has 6 nitrogen and oxygen atoms in total. The molecule has 1 aliphatic rings. The van der Waals surface area contributed by atoms with E-state index in [1.54, 1.807) is 13.8 Å². The molecule has 0 bridgehead atoms. The van der Waals surface area contributed by atoms with Gasteiger partial charge in [-0.3, -0.25) is 9.78 Å². The Morgan fingerprint density at radius 3 is 2.78 bits per heavy atom. The van der Waals surface area contributed by atoms with Crippen LogP contribution in [0, 0.1) is 24.4 Å². The number of rotatable bonds is 4. The number of hydrogen-bond acceptors (Lipinski definition) is 3. The van der Waals surface area contributed by atoms with E-state index in [1.807, 2.05) is 0 Å². The van der Waals surface area contributed by atoms with Crippen LogP contribution in [-0.2, 0) is 11.3 Å². The zero-order valence-corrected chi connectivity index (χ0v) is 14.6. The van der Waals surface area contributed by atoms with E-state index in [1.165, 1.54) is 12.1 Å². The first-order valence-electron chi connectivity index (χ1n) is 8.20. The maximum atomic E-state index is 13.9. The molecule has 0 fully saturated rings. The monoisotopic (exact) mass is 378 g/mol. The minimum Gasteiger partial charge on any atom is -0.346 e. The topological polar surface area (TPSA) is 74.3 Å². The lowest BCUT2D eigenvalue weighted by molar-refractivity contribution is -0.122. The second-order valence-corrected chi connectivity index (χ2v) is 6.32. The average Bonchev–Trinajstić information content (AvgIpc) is 2.62. The lowest BCUT2D eigenvalue weighted by Crippen LogP contribution is -2.45. The Morgan fingerprint density at radius 2 is 2.07 bits per heavy atom. The average molecular weight is 378 g/mol. The molecular formula is C18H17F3N4O2. The van der Waals surface area contributed by atoms with Gasteiger partial charge in [0.25, 0.3) is 0 Å². The van der Waals surface area contributed by atoms with Crippen molar-refractivity contribution in [1.82, 2.24) is 15.2 Å². The first-order chi connectivity index (χ1) is 12.8. The number of benzene rings is 1. The van der Waals surface area contributed by atoms with Crippen molar-refractivity contribution in [2.24, 2.45) is 0 Å². The lowest BCUT2D eigenvalue weighted by atomic mass is 10.1. The largest absolute Gasteiger partial charge is 0.346 e. The summed E-state index contributed by atoms with van der Waals surface area (Å²) in [5.41, 5.74) is 1.01. The van der Waals surface area contributed by atoms with E-state index < -0.39 is 35.4 Å². The predicted molar refractivity (Wildman–Crippen MR) is 91.3 cm³/mol. The molecular weight excluding hydrogens is 361 g/mol. The van der Waals surface area contributed by atoms with Gasteiger partial charge in [-0.2, -0.15) is 0 Å². The van der Waals surface area contributed by atoms with Gasteiger partial charge >= 0.3 is 6.03 Å². The highest BCUT2D eigenvalue weighted by Gasteiger charge is 2.28. The molecule has 1 aromatic carbocycles. The van der Waals surface area contributed by atoms with E-state index in [-0.39, 0.29) is 24.3 Å². The van der Waals surface area contributed by atoms with E-state index in [0.717, 1.165) is 17.2 Å². The van der Waals surface area contributed by atoms with Crippen LogP contribution in [-0.4, -0.2) is 28.4 Å². The van der Waals surface area contributed by atoms with Crippen LogP contribution < -0.4 is 10.6 Å². The van der Waals surface area contributed by atoms with E-state index in [9.17, 15) is 22.8 Å². The Bertz CT molecular complexity index is 920. The van der Waals surface area contributed by atoms with Crippen LogP contribution in [0.4, 0.5) is 23.7 Å². The van der Waals surface area contributed by atoms with Crippen LogP contribution in [0.25, 0.3) is 0 Å². The fourth-order valence-corrected chi connectivity index (χ4v) is 2.78. The molecule has 1 aromatic heterocycles. The Balaban J connectivity index is 1.67. The number of nitrogens with one attached hydrogen (secondary N) is 2. The van der Waals surface area contributed by atoms with Gasteiger partial charge in [-0.25, -0.2) is 18.0 Å². The molecule has 1 aliphatic heterocycles. The van der Waals surface area contributed by atoms with Crippen LogP contribution in [0.15, 0.2) is 24.4 Å². The third-order valence-corrected chi connectivity index (χ3v) is 4.30. The SMILES string of the molecule is Cc1cc([C@H](C)NC(=O)CN2Cc3c(ccc(F)c3F)NC2=O)ncc1F. The van der Waals surface area contributed by atoms with Gasteiger partial charge in [0.05, 0.1) is 30.2 Å². The van der Waals surface area contributed by atoms with Crippen molar-refractivity contribution in [3.05, 3.63) is 58.7 Å². The Hall–Kier alpha value is -3.10. The number of urea groups is 1. The molecule has 1 atom stereocenters. The van der Waals surface area contributed by atoms with Gasteiger partial charge in [-0.05, 0) is 37.6 Å². The number of anilines is 1. The summed E-state index contributed by atoms with van der Waals surface area (Å²) in [6.45, 7) is 2.66. The van der Waals surface area contributed by atoms with Crippen molar-refractivity contribution in [3.8, 4) is 0 Å². The molecule has 0 aliphatic carbocycles. The molecule has 0 saturated heterocycles. The van der Waals surface area contributed by atoms with Gasteiger partial charge in [-0.15, -0.1) is 0 Å². The highest BCUT2D eigenvalue weighted by Crippen LogP contribution is 2.27. The molecule has 2 N–H and O–H groups in total. The molecule has 2 heterocycles. The fraction of sp³-hybridized carbons (Fsp3) is 0.278. The number of nitrogens with zero attached hydrogens (tertiary/aromatic N) is 2. The lowest BCUT2D eigenvalue weighted by Gasteiger charge is -2.29. The quantitative estimate of drug-likeness (QED) is 0.859. The predicted octanol–water partition coefficient (Wildman–Crippen LogP) is 3.03. The molecule has 27 heavy (non-hydrogen) atoms. The van der Waals surface area contributed by atoms with E-state index in [2.05, 4.69) is 15.6 Å². The third kappa shape index (κ3) is 3.86. The molecule has 9 heteroatoms.